The van der Waals surface area contributed by atoms with Gasteiger partial charge in [-0.15, -0.1) is 5.10 Å². The number of carbonyl (C=O) groups excluding carboxylic acids is 2. The van der Waals surface area contributed by atoms with Gasteiger partial charge in [-0.2, -0.15) is 5.10 Å². The number of nitrogens with one attached hydrogen (secondary N) is 1. The third-order valence-electron chi connectivity index (χ3n) is 4.15. The Morgan fingerprint density at radius 3 is 2.48 bits per heavy atom. The number of carbonyl (C=O) groups is 2. The summed E-state index contributed by atoms with van der Waals surface area (Å²) in [4.78, 5) is 25.0. The Bertz CT molecular complexity index is 778. The molecule has 1 N–H and O–H groups in total. The Kier molecular flexibility index (Phi) is 6.05. The number of aromatic nitrogens is 4. The summed E-state index contributed by atoms with van der Waals surface area (Å²) in [5.41, 5.74) is 3.08. The maximum Gasteiger partial charge on any atom is 0.222 e. The zero-order chi connectivity index (χ0) is 18.7. The van der Waals surface area contributed by atoms with Gasteiger partial charge in [-0.3, -0.25) is 14.3 Å². The molecule has 2 heterocycles. The predicted octanol–water partition coefficient (Wildman–Crippen LogP) is 2.94. The minimum atomic E-state index is -0.129. The van der Waals surface area contributed by atoms with Gasteiger partial charge in [0.1, 0.15) is 0 Å². The highest BCUT2D eigenvalue weighted by atomic mass is 32.1. The van der Waals surface area contributed by atoms with E-state index in [0.717, 1.165) is 16.3 Å². The maximum atomic E-state index is 12.3. The molecule has 2 aromatic heterocycles. The van der Waals surface area contributed by atoms with E-state index in [1.807, 2.05) is 20.8 Å². The van der Waals surface area contributed by atoms with Crippen molar-refractivity contribution < 1.29 is 9.59 Å². The quantitative estimate of drug-likeness (QED) is 0.764. The van der Waals surface area contributed by atoms with Gasteiger partial charge in [0.05, 0.1) is 34.4 Å². The number of nitrogens with zero attached hydrogens (tertiary/aromatic N) is 4. The SMILES string of the molecule is CC(=O)c1c(C)nn([C@@H](C)CC(=O)NCc2snnc2C(C)C)c1C. The third kappa shape index (κ3) is 4.31. The Morgan fingerprint density at radius 1 is 1.24 bits per heavy atom. The largest absolute Gasteiger partial charge is 0.351 e. The molecule has 7 nitrogen and oxygen atoms in total. The average molecular weight is 363 g/mol. The maximum absolute atomic E-state index is 12.3. The number of ketones is 1. The second-order valence-corrected chi connectivity index (χ2v) is 7.45. The predicted molar refractivity (Wildman–Crippen MR) is 96.9 cm³/mol. The summed E-state index contributed by atoms with van der Waals surface area (Å²) in [5, 5.41) is 11.5. The van der Waals surface area contributed by atoms with Crippen LogP contribution in [0.15, 0.2) is 0 Å². The number of rotatable bonds is 7. The summed E-state index contributed by atoms with van der Waals surface area (Å²) in [6.07, 6.45) is 0.294. The van der Waals surface area contributed by atoms with E-state index in [1.54, 1.807) is 4.68 Å². The Balaban J connectivity index is 2.00. The smallest absolute Gasteiger partial charge is 0.222 e. The normalized spacial score (nSPS) is 12.4. The Hall–Kier alpha value is -2.09. The van der Waals surface area contributed by atoms with E-state index in [1.165, 1.54) is 18.5 Å². The van der Waals surface area contributed by atoms with Crippen LogP contribution in [0, 0.1) is 13.8 Å². The van der Waals surface area contributed by atoms with Crippen molar-refractivity contribution in [3.8, 4) is 0 Å². The molecule has 0 aliphatic heterocycles. The second kappa shape index (κ2) is 7.86. The molecular formula is C17H25N5O2S. The molecule has 8 heteroatoms. The summed E-state index contributed by atoms with van der Waals surface area (Å²) in [5.74, 6) is 0.216. The van der Waals surface area contributed by atoms with Crippen molar-refractivity contribution in [2.45, 2.75) is 66.5 Å². The fourth-order valence-corrected chi connectivity index (χ4v) is 3.72. The molecule has 1 amide bonds. The highest BCUT2D eigenvalue weighted by Gasteiger charge is 2.20. The molecule has 0 aliphatic carbocycles. The summed E-state index contributed by atoms with van der Waals surface area (Å²) in [6, 6.07) is -0.129. The van der Waals surface area contributed by atoms with Crippen LogP contribution in [0.2, 0.25) is 0 Å². The molecule has 0 saturated carbocycles. The zero-order valence-electron chi connectivity index (χ0n) is 15.6. The lowest BCUT2D eigenvalue weighted by atomic mass is 10.1. The lowest BCUT2D eigenvalue weighted by Gasteiger charge is -2.14. The van der Waals surface area contributed by atoms with Gasteiger partial charge in [-0.1, -0.05) is 18.3 Å². The van der Waals surface area contributed by atoms with Crippen molar-refractivity contribution in [2.24, 2.45) is 0 Å². The summed E-state index contributed by atoms with van der Waals surface area (Å²) < 4.78 is 5.73. The van der Waals surface area contributed by atoms with Crippen molar-refractivity contribution in [2.75, 3.05) is 0 Å². The first-order valence-corrected chi connectivity index (χ1v) is 9.14. The van der Waals surface area contributed by atoms with Gasteiger partial charge in [0, 0.05) is 12.1 Å². The van der Waals surface area contributed by atoms with Gasteiger partial charge in [0.25, 0.3) is 0 Å². The van der Waals surface area contributed by atoms with Crippen LogP contribution >= 0.6 is 11.5 Å². The van der Waals surface area contributed by atoms with Crippen molar-refractivity contribution in [3.05, 3.63) is 27.5 Å². The first-order chi connectivity index (χ1) is 11.7. The molecule has 0 saturated heterocycles. The van der Waals surface area contributed by atoms with Crippen molar-refractivity contribution in [3.63, 3.8) is 0 Å². The average Bonchev–Trinajstić information content (AvgIpc) is 3.09. The summed E-state index contributed by atoms with van der Waals surface area (Å²) >= 11 is 1.32. The fraction of sp³-hybridized carbons (Fsp3) is 0.588. The molecule has 25 heavy (non-hydrogen) atoms. The molecular weight excluding hydrogens is 338 g/mol. The lowest BCUT2D eigenvalue weighted by Crippen LogP contribution is -2.26. The van der Waals surface area contributed by atoms with Crippen LogP contribution in [0.4, 0.5) is 0 Å². The van der Waals surface area contributed by atoms with Crippen LogP contribution in [0.1, 0.15) is 78.4 Å². The van der Waals surface area contributed by atoms with Crippen LogP contribution in [0.3, 0.4) is 0 Å². The molecule has 0 spiro atoms. The van der Waals surface area contributed by atoms with E-state index in [-0.39, 0.29) is 23.7 Å². The number of hydrogen-bond donors (Lipinski definition) is 1. The fourth-order valence-electron chi connectivity index (χ4n) is 2.98. The summed E-state index contributed by atoms with van der Waals surface area (Å²) in [7, 11) is 0. The number of hydrogen-bond acceptors (Lipinski definition) is 6. The Morgan fingerprint density at radius 2 is 1.92 bits per heavy atom. The number of aryl methyl sites for hydroxylation is 1. The monoisotopic (exact) mass is 363 g/mol. The molecule has 0 bridgehead atoms. The molecule has 2 rings (SSSR count). The molecule has 0 radical (unpaired) electrons. The van der Waals surface area contributed by atoms with Crippen molar-refractivity contribution in [1.82, 2.24) is 24.7 Å². The first-order valence-electron chi connectivity index (χ1n) is 8.36. The van der Waals surface area contributed by atoms with E-state index in [0.29, 0.717) is 24.2 Å². The minimum absolute atomic E-state index is 0.00295. The third-order valence-corrected chi connectivity index (χ3v) is 4.89. The second-order valence-electron chi connectivity index (χ2n) is 6.61. The number of Topliss-reactive ketones (excluding diaryl/α,β-unsaturated/α-hetero) is 1. The molecule has 1 atom stereocenters. The van der Waals surface area contributed by atoms with E-state index >= 15 is 0 Å². The van der Waals surface area contributed by atoms with Crippen molar-refractivity contribution in [1.29, 1.82) is 0 Å². The van der Waals surface area contributed by atoms with Gasteiger partial charge in [0.15, 0.2) is 5.78 Å². The van der Waals surface area contributed by atoms with Gasteiger partial charge < -0.3 is 5.32 Å². The van der Waals surface area contributed by atoms with Crippen LogP contribution in [-0.2, 0) is 11.3 Å². The van der Waals surface area contributed by atoms with Crippen LogP contribution in [0.25, 0.3) is 0 Å². The van der Waals surface area contributed by atoms with E-state index < -0.39 is 0 Å². The standard InChI is InChI=1S/C17H25N5O2S/c1-9(2)17-14(25-21-19-17)8-18-15(24)7-10(3)22-12(5)16(13(6)23)11(4)20-22/h9-10H,7-8H2,1-6H3,(H,18,24)/t10-/m0/s1. The zero-order valence-corrected chi connectivity index (χ0v) is 16.4. The molecule has 0 aliphatic rings. The minimum Gasteiger partial charge on any atom is -0.351 e. The highest BCUT2D eigenvalue weighted by molar-refractivity contribution is 7.05. The molecule has 0 aromatic carbocycles. The van der Waals surface area contributed by atoms with Crippen LogP contribution < -0.4 is 5.32 Å². The van der Waals surface area contributed by atoms with Crippen molar-refractivity contribution >= 4 is 23.2 Å². The molecule has 0 unspecified atom stereocenters. The van der Waals surface area contributed by atoms with E-state index in [2.05, 4.69) is 33.8 Å². The first kappa shape index (κ1) is 19.2. The van der Waals surface area contributed by atoms with E-state index in [9.17, 15) is 9.59 Å². The summed E-state index contributed by atoms with van der Waals surface area (Å²) in [6.45, 7) is 11.7. The lowest BCUT2D eigenvalue weighted by molar-refractivity contribution is -0.122. The molecule has 2 aromatic rings. The van der Waals surface area contributed by atoms with Crippen LogP contribution in [0.5, 0.6) is 0 Å². The highest BCUT2D eigenvalue weighted by Crippen LogP contribution is 2.21. The Labute approximate surface area is 152 Å². The topological polar surface area (TPSA) is 89.8 Å². The van der Waals surface area contributed by atoms with Gasteiger partial charge in [0.2, 0.25) is 5.91 Å². The van der Waals surface area contributed by atoms with E-state index in [4.69, 9.17) is 0 Å². The van der Waals surface area contributed by atoms with Gasteiger partial charge in [-0.25, -0.2) is 0 Å². The van der Waals surface area contributed by atoms with Crippen LogP contribution in [-0.4, -0.2) is 31.1 Å². The molecule has 0 fully saturated rings. The van der Waals surface area contributed by atoms with Gasteiger partial charge in [-0.05, 0) is 45.1 Å². The van der Waals surface area contributed by atoms with Gasteiger partial charge >= 0.3 is 0 Å². The number of amides is 1. The molecule has 136 valence electrons.